The van der Waals surface area contributed by atoms with Gasteiger partial charge in [-0.15, -0.1) is 0 Å². The Morgan fingerprint density at radius 1 is 0.929 bits per heavy atom. The molecule has 0 aromatic carbocycles. The monoisotopic (exact) mass is 197 g/mol. The Bertz CT molecular complexity index is 121. The highest BCUT2D eigenvalue weighted by atomic mass is 15.1. The minimum Gasteiger partial charge on any atom is -0.303 e. The highest BCUT2D eigenvalue weighted by Gasteiger charge is 2.01. The van der Waals surface area contributed by atoms with Gasteiger partial charge in [0.2, 0.25) is 0 Å². The van der Waals surface area contributed by atoms with Gasteiger partial charge < -0.3 is 4.90 Å². The normalized spacial score (nSPS) is 11.7. The summed E-state index contributed by atoms with van der Waals surface area (Å²) in [5, 5.41) is 0. The van der Waals surface area contributed by atoms with Crippen molar-refractivity contribution in [1.29, 1.82) is 0 Å². The molecule has 0 radical (unpaired) electrons. The van der Waals surface area contributed by atoms with Crippen LogP contribution in [-0.4, -0.2) is 24.5 Å². The van der Waals surface area contributed by atoms with Gasteiger partial charge in [0.25, 0.3) is 0 Å². The van der Waals surface area contributed by atoms with E-state index in [1.54, 1.807) is 0 Å². The second-order valence-corrected chi connectivity index (χ2v) is 3.91. The molecule has 0 saturated carbocycles. The lowest BCUT2D eigenvalue weighted by Crippen LogP contribution is -2.26. The van der Waals surface area contributed by atoms with Crippen LogP contribution >= 0.6 is 0 Å². The van der Waals surface area contributed by atoms with E-state index < -0.39 is 0 Å². The molecule has 0 fully saturated rings. The SMILES string of the molecule is CC=CCCN(CCCC)CCCC. The molecule has 84 valence electrons. The maximum atomic E-state index is 2.60. The molecule has 0 spiro atoms. The summed E-state index contributed by atoms with van der Waals surface area (Å²) in [4.78, 5) is 2.60. The highest BCUT2D eigenvalue weighted by molar-refractivity contribution is 4.78. The quantitative estimate of drug-likeness (QED) is 0.507. The van der Waals surface area contributed by atoms with Crippen LogP contribution in [0.25, 0.3) is 0 Å². The highest BCUT2D eigenvalue weighted by Crippen LogP contribution is 2.00. The summed E-state index contributed by atoms with van der Waals surface area (Å²) in [5.41, 5.74) is 0. The molecule has 1 heteroatoms. The number of hydrogen-bond donors (Lipinski definition) is 0. The number of hydrogen-bond acceptors (Lipinski definition) is 1. The first-order valence-electron chi connectivity index (χ1n) is 6.18. The maximum absolute atomic E-state index is 2.60. The van der Waals surface area contributed by atoms with Crippen molar-refractivity contribution >= 4 is 0 Å². The Hall–Kier alpha value is -0.300. The molecule has 0 amide bonds. The Morgan fingerprint density at radius 3 is 1.93 bits per heavy atom. The van der Waals surface area contributed by atoms with Gasteiger partial charge in [-0.05, 0) is 39.3 Å². The molecule has 0 atom stereocenters. The summed E-state index contributed by atoms with van der Waals surface area (Å²) in [6.07, 6.45) is 10.9. The largest absolute Gasteiger partial charge is 0.303 e. The molecule has 0 unspecified atom stereocenters. The summed E-state index contributed by atoms with van der Waals surface area (Å²) in [6.45, 7) is 10.4. The van der Waals surface area contributed by atoms with E-state index in [0.29, 0.717) is 0 Å². The van der Waals surface area contributed by atoms with Crippen LogP contribution in [0.3, 0.4) is 0 Å². The first-order chi connectivity index (χ1) is 6.85. The third-order valence-corrected chi connectivity index (χ3v) is 2.50. The fourth-order valence-corrected chi connectivity index (χ4v) is 1.52. The summed E-state index contributed by atoms with van der Waals surface area (Å²) >= 11 is 0. The van der Waals surface area contributed by atoms with Crippen LogP contribution in [0.4, 0.5) is 0 Å². The van der Waals surface area contributed by atoms with Crippen molar-refractivity contribution in [2.45, 2.75) is 52.9 Å². The van der Waals surface area contributed by atoms with E-state index in [9.17, 15) is 0 Å². The van der Waals surface area contributed by atoms with Gasteiger partial charge in [-0.3, -0.25) is 0 Å². The molecule has 0 aliphatic rings. The predicted octanol–water partition coefficient (Wildman–Crippen LogP) is 3.85. The smallest absolute Gasteiger partial charge is 0.00159 e. The second-order valence-electron chi connectivity index (χ2n) is 3.91. The molecule has 0 heterocycles. The van der Waals surface area contributed by atoms with E-state index in [1.807, 2.05) is 0 Å². The van der Waals surface area contributed by atoms with Gasteiger partial charge in [0, 0.05) is 6.54 Å². The van der Waals surface area contributed by atoms with Crippen LogP contribution in [0.5, 0.6) is 0 Å². The van der Waals surface area contributed by atoms with Gasteiger partial charge in [0.05, 0.1) is 0 Å². The van der Waals surface area contributed by atoms with Gasteiger partial charge in [-0.1, -0.05) is 38.8 Å². The van der Waals surface area contributed by atoms with E-state index in [-0.39, 0.29) is 0 Å². The van der Waals surface area contributed by atoms with E-state index >= 15 is 0 Å². The number of rotatable bonds is 9. The number of allylic oxidation sites excluding steroid dienone is 1. The summed E-state index contributed by atoms with van der Waals surface area (Å²) in [6, 6.07) is 0. The topological polar surface area (TPSA) is 3.24 Å². The van der Waals surface area contributed by atoms with Crippen molar-refractivity contribution in [3.63, 3.8) is 0 Å². The predicted molar refractivity (Wildman–Crippen MR) is 65.7 cm³/mol. The average molecular weight is 197 g/mol. The molecule has 0 bridgehead atoms. The van der Waals surface area contributed by atoms with Gasteiger partial charge >= 0.3 is 0 Å². The van der Waals surface area contributed by atoms with Crippen LogP contribution in [0.1, 0.15) is 52.9 Å². The fraction of sp³-hybridized carbons (Fsp3) is 0.846. The third-order valence-electron chi connectivity index (χ3n) is 2.50. The molecule has 1 nitrogen and oxygen atoms in total. The zero-order valence-corrected chi connectivity index (χ0v) is 10.3. The van der Waals surface area contributed by atoms with Crippen LogP contribution in [0.2, 0.25) is 0 Å². The van der Waals surface area contributed by atoms with Crippen LogP contribution < -0.4 is 0 Å². The summed E-state index contributed by atoms with van der Waals surface area (Å²) < 4.78 is 0. The van der Waals surface area contributed by atoms with Crippen molar-refractivity contribution in [2.24, 2.45) is 0 Å². The Balaban J connectivity index is 3.60. The minimum atomic E-state index is 1.21. The summed E-state index contributed by atoms with van der Waals surface area (Å²) in [5.74, 6) is 0. The lowest BCUT2D eigenvalue weighted by molar-refractivity contribution is 0.270. The molecule has 14 heavy (non-hydrogen) atoms. The molecule has 0 N–H and O–H groups in total. The lowest BCUT2D eigenvalue weighted by Gasteiger charge is -2.20. The van der Waals surface area contributed by atoms with E-state index in [4.69, 9.17) is 0 Å². The third kappa shape index (κ3) is 8.31. The summed E-state index contributed by atoms with van der Waals surface area (Å²) in [7, 11) is 0. The van der Waals surface area contributed by atoms with Gasteiger partial charge in [0.15, 0.2) is 0 Å². The Kier molecular flexibility index (Phi) is 10.5. The number of unbranched alkanes of at least 4 members (excludes halogenated alkanes) is 2. The zero-order chi connectivity index (χ0) is 10.6. The molecule has 0 rings (SSSR count). The first kappa shape index (κ1) is 13.7. The molecular weight excluding hydrogens is 170 g/mol. The molecule has 0 saturated heterocycles. The molecule has 0 aliphatic carbocycles. The van der Waals surface area contributed by atoms with Crippen molar-refractivity contribution in [2.75, 3.05) is 19.6 Å². The number of nitrogens with zero attached hydrogens (tertiary/aromatic N) is 1. The van der Waals surface area contributed by atoms with Crippen LogP contribution in [-0.2, 0) is 0 Å². The Labute approximate surface area is 90.2 Å². The maximum Gasteiger partial charge on any atom is 0.00159 e. The van der Waals surface area contributed by atoms with E-state index in [1.165, 1.54) is 51.7 Å². The van der Waals surface area contributed by atoms with Crippen molar-refractivity contribution in [3.8, 4) is 0 Å². The Morgan fingerprint density at radius 2 is 1.50 bits per heavy atom. The van der Waals surface area contributed by atoms with Crippen molar-refractivity contribution in [3.05, 3.63) is 12.2 Å². The van der Waals surface area contributed by atoms with Gasteiger partial charge in [0.1, 0.15) is 0 Å². The van der Waals surface area contributed by atoms with Gasteiger partial charge in [-0.2, -0.15) is 0 Å². The van der Waals surface area contributed by atoms with E-state index in [2.05, 4.69) is 37.8 Å². The minimum absolute atomic E-state index is 1.21. The van der Waals surface area contributed by atoms with Crippen molar-refractivity contribution in [1.82, 2.24) is 4.90 Å². The molecule has 0 aliphatic heterocycles. The molecular formula is C13H27N. The van der Waals surface area contributed by atoms with Crippen molar-refractivity contribution < 1.29 is 0 Å². The second kappa shape index (κ2) is 10.8. The zero-order valence-electron chi connectivity index (χ0n) is 10.3. The van der Waals surface area contributed by atoms with Crippen LogP contribution in [0.15, 0.2) is 12.2 Å². The fourth-order valence-electron chi connectivity index (χ4n) is 1.52. The standard InChI is InChI=1S/C13H27N/c1-4-7-10-13-14(11-8-5-2)12-9-6-3/h4,7H,5-6,8-13H2,1-3H3. The van der Waals surface area contributed by atoms with Gasteiger partial charge in [-0.25, -0.2) is 0 Å². The lowest BCUT2D eigenvalue weighted by atomic mass is 10.2. The van der Waals surface area contributed by atoms with Crippen LogP contribution in [0, 0.1) is 0 Å². The average Bonchev–Trinajstić information content (AvgIpc) is 2.21. The first-order valence-corrected chi connectivity index (χ1v) is 6.18. The van der Waals surface area contributed by atoms with E-state index in [0.717, 1.165) is 0 Å². The molecule has 0 aromatic heterocycles. The molecule has 0 aromatic rings.